The van der Waals surface area contributed by atoms with E-state index in [2.05, 4.69) is 0 Å². The molecule has 0 amide bonds. The monoisotopic (exact) mass is 274 g/mol. The van der Waals surface area contributed by atoms with Crippen molar-refractivity contribution in [1.82, 2.24) is 0 Å². The maximum Gasteiger partial charge on any atom is 0.123 e. The third-order valence-electron chi connectivity index (χ3n) is 3.51. The molecule has 3 heteroatoms. The Morgan fingerprint density at radius 3 is 2.40 bits per heavy atom. The van der Waals surface area contributed by atoms with E-state index >= 15 is 0 Å². The molecule has 0 fully saturated rings. The van der Waals surface area contributed by atoms with Crippen molar-refractivity contribution in [3.8, 4) is 5.75 Å². The number of ether oxygens (including phenoxy) is 1. The normalized spacial score (nSPS) is 12.2. The smallest absolute Gasteiger partial charge is 0.123 e. The number of halogens is 1. The fourth-order valence-corrected chi connectivity index (χ4v) is 2.35. The fourth-order valence-electron chi connectivity index (χ4n) is 2.35. The molecule has 0 bridgehead atoms. The van der Waals surface area contributed by atoms with Crippen molar-refractivity contribution >= 4 is 0 Å². The van der Waals surface area contributed by atoms with Crippen LogP contribution in [0.4, 0.5) is 4.39 Å². The van der Waals surface area contributed by atoms with Gasteiger partial charge in [0.05, 0.1) is 13.7 Å². The molecule has 2 nitrogen and oxygen atoms in total. The Labute approximate surface area is 118 Å². The molecule has 2 rings (SSSR count). The average Bonchev–Trinajstić information content (AvgIpc) is 2.46. The number of hydrogen-bond acceptors (Lipinski definition) is 2. The Morgan fingerprint density at radius 1 is 1.15 bits per heavy atom. The maximum atomic E-state index is 12.9. The zero-order valence-corrected chi connectivity index (χ0v) is 11.8. The molecule has 0 aromatic heterocycles. The molecular formula is C17H19FO2. The van der Waals surface area contributed by atoms with Crippen LogP contribution in [0.15, 0.2) is 42.5 Å². The first kappa shape index (κ1) is 14.5. The molecule has 0 radical (unpaired) electrons. The second-order valence-corrected chi connectivity index (χ2v) is 4.94. The second-order valence-electron chi connectivity index (χ2n) is 4.94. The van der Waals surface area contributed by atoms with Crippen molar-refractivity contribution in [3.05, 3.63) is 65.0 Å². The summed E-state index contributed by atoms with van der Waals surface area (Å²) in [5.41, 5.74) is 3.12. The molecule has 0 aliphatic carbocycles. The van der Waals surface area contributed by atoms with E-state index in [9.17, 15) is 9.50 Å². The third kappa shape index (κ3) is 3.36. The quantitative estimate of drug-likeness (QED) is 0.904. The molecule has 0 aliphatic rings. The molecule has 0 aliphatic heterocycles. The van der Waals surface area contributed by atoms with E-state index in [1.54, 1.807) is 19.2 Å². The molecule has 1 N–H and O–H groups in total. The number of hydrogen-bond donors (Lipinski definition) is 1. The molecule has 0 saturated heterocycles. The lowest BCUT2D eigenvalue weighted by Gasteiger charge is -2.16. The highest BCUT2D eigenvalue weighted by Gasteiger charge is 2.13. The summed E-state index contributed by atoms with van der Waals surface area (Å²) < 4.78 is 18.1. The van der Waals surface area contributed by atoms with Crippen LogP contribution in [-0.4, -0.2) is 18.8 Å². The topological polar surface area (TPSA) is 29.5 Å². The number of aliphatic hydroxyl groups is 1. The van der Waals surface area contributed by atoms with Gasteiger partial charge in [0.1, 0.15) is 11.6 Å². The molecule has 20 heavy (non-hydrogen) atoms. The van der Waals surface area contributed by atoms with E-state index in [0.717, 1.165) is 22.4 Å². The van der Waals surface area contributed by atoms with Gasteiger partial charge in [-0.3, -0.25) is 0 Å². The van der Waals surface area contributed by atoms with Crippen LogP contribution >= 0.6 is 0 Å². The molecular weight excluding hydrogens is 255 g/mol. The fraction of sp³-hybridized carbons (Fsp3) is 0.294. The van der Waals surface area contributed by atoms with E-state index in [1.165, 1.54) is 12.1 Å². The number of aliphatic hydroxyl groups excluding tert-OH is 1. The predicted octanol–water partition coefficient (Wildman–Crippen LogP) is 3.46. The Kier molecular flexibility index (Phi) is 4.74. The summed E-state index contributed by atoms with van der Waals surface area (Å²) in [7, 11) is 1.64. The van der Waals surface area contributed by atoms with Gasteiger partial charge in [-0.1, -0.05) is 24.3 Å². The highest BCUT2D eigenvalue weighted by Crippen LogP contribution is 2.26. The minimum Gasteiger partial charge on any atom is -0.496 e. The van der Waals surface area contributed by atoms with Gasteiger partial charge in [-0.2, -0.15) is 0 Å². The van der Waals surface area contributed by atoms with Gasteiger partial charge < -0.3 is 9.84 Å². The lowest BCUT2D eigenvalue weighted by molar-refractivity contribution is 0.264. The summed E-state index contributed by atoms with van der Waals surface area (Å²) in [4.78, 5) is 0. The van der Waals surface area contributed by atoms with Crippen molar-refractivity contribution in [2.24, 2.45) is 0 Å². The lowest BCUT2D eigenvalue weighted by Crippen LogP contribution is -2.08. The van der Waals surface area contributed by atoms with E-state index in [4.69, 9.17) is 4.74 Å². The van der Waals surface area contributed by atoms with Crippen LogP contribution < -0.4 is 4.74 Å². The largest absolute Gasteiger partial charge is 0.496 e. The minimum atomic E-state index is -0.241. The third-order valence-corrected chi connectivity index (χ3v) is 3.51. The van der Waals surface area contributed by atoms with Gasteiger partial charge in [0.15, 0.2) is 0 Å². The Hall–Kier alpha value is -1.87. The first-order valence-corrected chi connectivity index (χ1v) is 6.64. The van der Waals surface area contributed by atoms with Gasteiger partial charge in [0.2, 0.25) is 0 Å². The molecule has 2 aromatic carbocycles. The van der Waals surface area contributed by atoms with Gasteiger partial charge in [-0.05, 0) is 48.2 Å². The molecule has 1 unspecified atom stereocenters. The first-order chi connectivity index (χ1) is 9.63. The van der Waals surface area contributed by atoms with E-state index in [1.807, 2.05) is 25.1 Å². The molecule has 2 aromatic rings. The highest BCUT2D eigenvalue weighted by atomic mass is 19.1. The van der Waals surface area contributed by atoms with Crippen LogP contribution in [0.1, 0.15) is 22.6 Å². The van der Waals surface area contributed by atoms with Gasteiger partial charge in [-0.25, -0.2) is 4.39 Å². The minimum absolute atomic E-state index is 0.00469. The van der Waals surface area contributed by atoms with Crippen LogP contribution in [0.25, 0.3) is 0 Å². The molecule has 0 spiro atoms. The summed E-state index contributed by atoms with van der Waals surface area (Å²) in [5, 5.41) is 9.61. The van der Waals surface area contributed by atoms with Crippen LogP contribution in [0.2, 0.25) is 0 Å². The molecule has 106 valence electrons. The van der Waals surface area contributed by atoms with Crippen LogP contribution in [0, 0.1) is 12.7 Å². The van der Waals surface area contributed by atoms with Crippen molar-refractivity contribution in [1.29, 1.82) is 0 Å². The standard InChI is InChI=1S/C17H19FO2/c1-12-9-14(5-8-17(12)20-2)15(11-19)10-13-3-6-16(18)7-4-13/h3-9,15,19H,10-11H2,1-2H3. The Bertz CT molecular complexity index is 564. The number of aryl methyl sites for hydroxylation is 1. The highest BCUT2D eigenvalue weighted by molar-refractivity contribution is 5.38. The van der Waals surface area contributed by atoms with Crippen molar-refractivity contribution in [2.75, 3.05) is 13.7 Å². The van der Waals surface area contributed by atoms with Gasteiger partial charge in [0, 0.05) is 5.92 Å². The van der Waals surface area contributed by atoms with Gasteiger partial charge in [0.25, 0.3) is 0 Å². The number of benzene rings is 2. The zero-order valence-electron chi connectivity index (χ0n) is 11.8. The van der Waals surface area contributed by atoms with E-state index < -0.39 is 0 Å². The van der Waals surface area contributed by atoms with E-state index in [-0.39, 0.29) is 18.3 Å². The van der Waals surface area contributed by atoms with E-state index in [0.29, 0.717) is 6.42 Å². The molecule has 0 heterocycles. The second kappa shape index (κ2) is 6.53. The zero-order chi connectivity index (χ0) is 14.5. The summed E-state index contributed by atoms with van der Waals surface area (Å²) in [6.07, 6.45) is 0.683. The van der Waals surface area contributed by atoms with Crippen molar-refractivity contribution in [2.45, 2.75) is 19.3 Å². The summed E-state index contributed by atoms with van der Waals surface area (Å²) in [6, 6.07) is 12.3. The lowest BCUT2D eigenvalue weighted by atomic mass is 9.91. The van der Waals surface area contributed by atoms with Gasteiger partial charge in [-0.15, -0.1) is 0 Å². The van der Waals surface area contributed by atoms with Crippen LogP contribution in [0.3, 0.4) is 0 Å². The van der Waals surface area contributed by atoms with Crippen LogP contribution in [-0.2, 0) is 6.42 Å². The number of methoxy groups -OCH3 is 1. The first-order valence-electron chi connectivity index (χ1n) is 6.64. The van der Waals surface area contributed by atoms with Crippen LogP contribution in [0.5, 0.6) is 5.75 Å². The SMILES string of the molecule is COc1ccc(C(CO)Cc2ccc(F)cc2)cc1C. The summed E-state index contributed by atoms with van der Waals surface area (Å²) in [5.74, 6) is 0.604. The van der Waals surface area contributed by atoms with Crippen molar-refractivity contribution < 1.29 is 14.2 Å². The Morgan fingerprint density at radius 2 is 1.85 bits per heavy atom. The Balaban J connectivity index is 2.19. The predicted molar refractivity (Wildman–Crippen MR) is 77.7 cm³/mol. The molecule has 0 saturated carbocycles. The van der Waals surface area contributed by atoms with Crippen molar-refractivity contribution in [3.63, 3.8) is 0 Å². The molecule has 1 atom stereocenters. The van der Waals surface area contributed by atoms with Gasteiger partial charge >= 0.3 is 0 Å². The summed E-state index contributed by atoms with van der Waals surface area (Å²) in [6.45, 7) is 2.04. The number of rotatable bonds is 5. The average molecular weight is 274 g/mol. The summed E-state index contributed by atoms with van der Waals surface area (Å²) >= 11 is 0. The maximum absolute atomic E-state index is 12.9.